The number of ether oxygens (including phenoxy) is 1. The number of anilines is 3. The average Bonchev–Trinajstić information content (AvgIpc) is 3.07. The molecule has 9 heteroatoms. The highest BCUT2D eigenvalue weighted by atomic mass is 32.1. The van der Waals surface area contributed by atoms with Gasteiger partial charge in [0, 0.05) is 11.9 Å². The van der Waals surface area contributed by atoms with Crippen LogP contribution < -0.4 is 10.6 Å². The maximum absolute atomic E-state index is 13.0. The third-order valence-electron chi connectivity index (χ3n) is 3.98. The van der Waals surface area contributed by atoms with E-state index in [4.69, 9.17) is 10.00 Å². The molecule has 0 saturated heterocycles. The van der Waals surface area contributed by atoms with Crippen LogP contribution in [-0.2, 0) is 4.74 Å². The minimum Gasteiger partial charge on any atom is -0.456 e. The van der Waals surface area contributed by atoms with E-state index in [9.17, 15) is 9.59 Å². The molecule has 0 aliphatic carbocycles. The molecule has 0 aliphatic heterocycles. The number of nitrogens with one attached hydrogen (secondary N) is 2. The molecule has 0 unspecified atom stereocenters. The first kappa shape index (κ1) is 21.9. The quantitative estimate of drug-likeness (QED) is 0.559. The van der Waals surface area contributed by atoms with Crippen molar-refractivity contribution in [1.82, 2.24) is 9.36 Å². The Morgan fingerprint density at radius 3 is 2.68 bits per heavy atom. The largest absolute Gasteiger partial charge is 0.456 e. The molecule has 2 aromatic heterocycles. The van der Waals surface area contributed by atoms with Gasteiger partial charge in [-0.3, -0.25) is 4.79 Å². The lowest BCUT2D eigenvalue weighted by Crippen LogP contribution is -2.24. The Labute approximate surface area is 184 Å². The SMILES string of the molecule is Cc1nsc(Nc2cc(C#N)ccn2)c1C(=O)Nc1cccc(C(=O)OC(C)(C)C)c1. The monoisotopic (exact) mass is 435 g/mol. The maximum Gasteiger partial charge on any atom is 0.338 e. The number of nitrogens with zero attached hydrogens (tertiary/aromatic N) is 3. The van der Waals surface area contributed by atoms with Crippen LogP contribution in [0.3, 0.4) is 0 Å². The summed E-state index contributed by atoms with van der Waals surface area (Å²) in [6, 6.07) is 11.8. The second-order valence-corrected chi connectivity index (χ2v) is 8.45. The van der Waals surface area contributed by atoms with Crippen LogP contribution in [0.5, 0.6) is 0 Å². The van der Waals surface area contributed by atoms with Gasteiger partial charge in [0.15, 0.2) is 0 Å². The second kappa shape index (κ2) is 8.93. The van der Waals surface area contributed by atoms with E-state index in [1.54, 1.807) is 64.1 Å². The fourth-order valence-corrected chi connectivity index (χ4v) is 3.46. The molecule has 0 atom stereocenters. The van der Waals surface area contributed by atoms with Crippen LogP contribution in [0, 0.1) is 18.3 Å². The lowest BCUT2D eigenvalue weighted by molar-refractivity contribution is 0.00694. The molecular weight excluding hydrogens is 414 g/mol. The minimum atomic E-state index is -0.618. The highest BCUT2D eigenvalue weighted by Gasteiger charge is 2.21. The van der Waals surface area contributed by atoms with Crippen molar-refractivity contribution >= 4 is 39.9 Å². The van der Waals surface area contributed by atoms with E-state index in [0.717, 1.165) is 11.5 Å². The minimum absolute atomic E-state index is 0.337. The predicted octanol–water partition coefficient (Wildman–Crippen LogP) is 4.67. The summed E-state index contributed by atoms with van der Waals surface area (Å²) in [5.41, 5.74) is 1.52. The Morgan fingerprint density at radius 1 is 1.19 bits per heavy atom. The van der Waals surface area contributed by atoms with Crippen molar-refractivity contribution in [1.29, 1.82) is 5.26 Å². The Kier molecular flexibility index (Phi) is 6.32. The summed E-state index contributed by atoms with van der Waals surface area (Å²) in [5.74, 6) is -0.419. The van der Waals surface area contributed by atoms with Crippen LogP contribution >= 0.6 is 11.5 Å². The zero-order valence-corrected chi connectivity index (χ0v) is 18.3. The van der Waals surface area contributed by atoms with Crippen molar-refractivity contribution in [3.63, 3.8) is 0 Å². The van der Waals surface area contributed by atoms with Gasteiger partial charge < -0.3 is 15.4 Å². The van der Waals surface area contributed by atoms with E-state index in [1.165, 1.54) is 6.20 Å². The van der Waals surface area contributed by atoms with E-state index >= 15 is 0 Å². The molecule has 2 N–H and O–H groups in total. The van der Waals surface area contributed by atoms with Gasteiger partial charge in [0.1, 0.15) is 16.4 Å². The van der Waals surface area contributed by atoms with Gasteiger partial charge in [0.05, 0.1) is 28.5 Å². The fourth-order valence-electron chi connectivity index (χ4n) is 2.66. The van der Waals surface area contributed by atoms with E-state index in [-0.39, 0.29) is 5.91 Å². The van der Waals surface area contributed by atoms with Gasteiger partial charge in [-0.25, -0.2) is 9.78 Å². The zero-order valence-electron chi connectivity index (χ0n) is 17.5. The highest BCUT2D eigenvalue weighted by molar-refractivity contribution is 7.10. The number of rotatable bonds is 5. The summed E-state index contributed by atoms with van der Waals surface area (Å²) in [7, 11) is 0. The molecule has 1 amide bonds. The maximum atomic E-state index is 13.0. The number of aryl methyl sites for hydroxylation is 1. The third-order valence-corrected chi connectivity index (χ3v) is 4.83. The molecule has 0 bridgehead atoms. The molecule has 3 aromatic rings. The van der Waals surface area contributed by atoms with Crippen molar-refractivity contribution < 1.29 is 14.3 Å². The molecule has 3 rings (SSSR count). The van der Waals surface area contributed by atoms with Crippen molar-refractivity contribution in [2.45, 2.75) is 33.3 Å². The van der Waals surface area contributed by atoms with Crippen LogP contribution in [0.1, 0.15) is 52.7 Å². The molecule has 158 valence electrons. The van der Waals surface area contributed by atoms with Crippen molar-refractivity contribution in [3.05, 3.63) is 65.0 Å². The number of nitriles is 1. The molecule has 0 spiro atoms. The van der Waals surface area contributed by atoms with Gasteiger partial charge in [-0.15, -0.1) is 0 Å². The first-order valence-electron chi connectivity index (χ1n) is 9.40. The van der Waals surface area contributed by atoms with E-state index in [1.807, 2.05) is 6.07 Å². The summed E-state index contributed by atoms with van der Waals surface area (Å²) >= 11 is 1.12. The Hall–Kier alpha value is -3.77. The van der Waals surface area contributed by atoms with Gasteiger partial charge in [0.25, 0.3) is 5.91 Å². The first-order chi connectivity index (χ1) is 14.7. The van der Waals surface area contributed by atoms with E-state index in [0.29, 0.717) is 38.9 Å². The molecular formula is C22H21N5O3S. The summed E-state index contributed by atoms with van der Waals surface area (Å²) in [6.45, 7) is 7.10. The molecule has 1 aromatic carbocycles. The number of hydrogen-bond donors (Lipinski definition) is 2. The smallest absolute Gasteiger partial charge is 0.338 e. The Balaban J connectivity index is 1.80. The number of esters is 1. The number of amides is 1. The topological polar surface area (TPSA) is 117 Å². The lowest BCUT2D eigenvalue weighted by atomic mass is 10.1. The molecule has 0 fully saturated rings. The van der Waals surface area contributed by atoms with Gasteiger partial charge in [0.2, 0.25) is 0 Å². The lowest BCUT2D eigenvalue weighted by Gasteiger charge is -2.19. The van der Waals surface area contributed by atoms with Gasteiger partial charge in [-0.2, -0.15) is 9.64 Å². The molecule has 0 aliphatic rings. The molecule has 0 radical (unpaired) electrons. The third kappa shape index (κ3) is 5.65. The van der Waals surface area contributed by atoms with Crippen LogP contribution in [0.4, 0.5) is 16.5 Å². The van der Waals surface area contributed by atoms with Gasteiger partial charge in [-0.05, 0) is 69.6 Å². The van der Waals surface area contributed by atoms with Crippen molar-refractivity contribution in [2.24, 2.45) is 0 Å². The highest BCUT2D eigenvalue weighted by Crippen LogP contribution is 2.28. The number of hydrogen-bond acceptors (Lipinski definition) is 8. The Morgan fingerprint density at radius 2 is 1.97 bits per heavy atom. The van der Waals surface area contributed by atoms with Crippen molar-refractivity contribution in [2.75, 3.05) is 10.6 Å². The predicted molar refractivity (Wildman–Crippen MR) is 119 cm³/mol. The zero-order chi connectivity index (χ0) is 22.6. The fraction of sp³-hybridized carbons (Fsp3) is 0.227. The van der Waals surface area contributed by atoms with E-state index in [2.05, 4.69) is 20.0 Å². The summed E-state index contributed by atoms with van der Waals surface area (Å²) in [4.78, 5) is 29.4. The summed E-state index contributed by atoms with van der Waals surface area (Å²) in [6.07, 6.45) is 1.51. The number of carbonyl (C=O) groups is 2. The number of pyridine rings is 1. The van der Waals surface area contributed by atoms with E-state index < -0.39 is 11.6 Å². The van der Waals surface area contributed by atoms with Gasteiger partial charge in [-0.1, -0.05) is 6.07 Å². The van der Waals surface area contributed by atoms with Crippen LogP contribution in [-0.4, -0.2) is 26.8 Å². The van der Waals surface area contributed by atoms with Crippen LogP contribution in [0.2, 0.25) is 0 Å². The average molecular weight is 436 g/mol. The normalized spacial score (nSPS) is 10.8. The Bertz CT molecular complexity index is 1170. The van der Waals surface area contributed by atoms with Crippen LogP contribution in [0.15, 0.2) is 42.6 Å². The van der Waals surface area contributed by atoms with Crippen LogP contribution in [0.25, 0.3) is 0 Å². The second-order valence-electron chi connectivity index (χ2n) is 7.68. The molecule has 0 saturated carbocycles. The number of carbonyl (C=O) groups excluding carboxylic acids is 2. The standard InChI is InChI=1S/C22H21N5O3S/c1-13-18(20(31-27-13)26-17-10-14(12-23)8-9-24-17)19(28)25-16-7-5-6-15(11-16)21(29)30-22(2,3)4/h5-11H,1-4H3,(H,24,26)(H,25,28). The number of aromatic nitrogens is 2. The molecule has 8 nitrogen and oxygen atoms in total. The first-order valence-corrected chi connectivity index (χ1v) is 10.2. The van der Waals surface area contributed by atoms with Crippen molar-refractivity contribution in [3.8, 4) is 6.07 Å². The number of benzene rings is 1. The van der Waals surface area contributed by atoms with Gasteiger partial charge >= 0.3 is 5.97 Å². The molecule has 31 heavy (non-hydrogen) atoms. The summed E-state index contributed by atoms with van der Waals surface area (Å²) < 4.78 is 9.64. The summed E-state index contributed by atoms with van der Waals surface area (Å²) in [5, 5.41) is 15.4. The molecule has 2 heterocycles.